The third kappa shape index (κ3) is 4.28. The van der Waals surface area contributed by atoms with E-state index in [1.165, 1.54) is 38.5 Å². The summed E-state index contributed by atoms with van der Waals surface area (Å²) >= 11 is 0. The topological polar surface area (TPSA) is 0 Å². The molecule has 0 spiro atoms. The molecule has 4 saturated carbocycles. The summed E-state index contributed by atoms with van der Waals surface area (Å²) in [5.74, 6) is 10.5. The average Bonchev–Trinajstić information content (AvgIpc) is 2.68. The molecule has 0 aromatic heterocycles. The smallest absolute Gasteiger partial charge is 0.0215 e. The number of hydrogen-bond acceptors (Lipinski definition) is 0. The fourth-order valence-corrected chi connectivity index (χ4v) is 13.5. The Balaban J connectivity index is 1.73. The predicted octanol–water partition coefficient (Wildman–Crippen LogP) is 11.0. The Labute approximate surface area is 227 Å². The lowest BCUT2D eigenvalue weighted by atomic mass is 9.31. The maximum Gasteiger partial charge on any atom is -0.0215 e. The van der Waals surface area contributed by atoms with Gasteiger partial charge in [0.2, 0.25) is 0 Å². The van der Waals surface area contributed by atoms with Gasteiger partial charge in [0.05, 0.1) is 0 Å². The van der Waals surface area contributed by atoms with Crippen LogP contribution in [-0.4, -0.2) is 0 Å². The van der Waals surface area contributed by atoms with Crippen molar-refractivity contribution in [2.45, 2.75) is 135 Å². The molecule has 0 amide bonds. The van der Waals surface area contributed by atoms with E-state index in [9.17, 15) is 0 Å². The molecule has 0 nitrogen and oxygen atoms in total. The molecule has 0 aliphatic heterocycles. The molecule has 0 N–H and O–H groups in total. The lowest BCUT2D eigenvalue weighted by Crippen LogP contribution is -2.67. The van der Waals surface area contributed by atoms with Crippen LogP contribution >= 0.6 is 0 Å². The quantitative estimate of drug-likeness (QED) is 0.363. The second kappa shape index (κ2) is 9.29. The third-order valence-corrected chi connectivity index (χ3v) is 14.3. The summed E-state index contributed by atoms with van der Waals surface area (Å²) in [6, 6.07) is 0. The predicted molar refractivity (Wildman–Crippen MR) is 159 cm³/mol. The van der Waals surface area contributed by atoms with Crippen LogP contribution in [0.4, 0.5) is 0 Å². The Kier molecular flexibility index (Phi) is 7.48. The van der Waals surface area contributed by atoms with Crippen LogP contribution < -0.4 is 0 Å². The highest BCUT2D eigenvalue weighted by atomic mass is 14.7. The fourth-order valence-electron chi connectivity index (χ4n) is 13.5. The minimum absolute atomic E-state index is 0.425. The summed E-state index contributed by atoms with van der Waals surface area (Å²) in [6.07, 6.45) is 8.77. The van der Waals surface area contributed by atoms with Crippen LogP contribution in [0.3, 0.4) is 0 Å². The first-order valence-electron chi connectivity index (χ1n) is 16.4. The zero-order chi connectivity index (χ0) is 27.2. The van der Waals surface area contributed by atoms with E-state index < -0.39 is 0 Å². The van der Waals surface area contributed by atoms with E-state index in [1.807, 2.05) is 0 Å². The lowest BCUT2D eigenvalue weighted by molar-refractivity contribution is -0.249. The zero-order valence-corrected chi connectivity index (χ0v) is 27.2. The monoisotopic (exact) mass is 499 g/mol. The van der Waals surface area contributed by atoms with Crippen molar-refractivity contribution >= 4 is 0 Å². The van der Waals surface area contributed by atoms with Crippen LogP contribution in [-0.2, 0) is 0 Å². The van der Waals surface area contributed by atoms with Crippen molar-refractivity contribution < 1.29 is 0 Å². The molecule has 4 fully saturated rings. The van der Waals surface area contributed by atoms with E-state index in [4.69, 9.17) is 0 Å². The Morgan fingerprint density at radius 1 is 0.806 bits per heavy atom. The average molecular weight is 499 g/mol. The normalized spacial score (nSPS) is 54.4. The van der Waals surface area contributed by atoms with Crippen LogP contribution in [0, 0.1) is 92.7 Å². The second-order valence-electron chi connectivity index (χ2n) is 18.0. The van der Waals surface area contributed by atoms with Gasteiger partial charge in [0, 0.05) is 0 Å². The van der Waals surface area contributed by atoms with Crippen molar-refractivity contribution in [2.75, 3.05) is 0 Å². The van der Waals surface area contributed by atoms with Gasteiger partial charge in [0.25, 0.3) is 0 Å². The van der Waals surface area contributed by atoms with Crippen molar-refractivity contribution in [1.29, 1.82) is 0 Å². The molecule has 14 atom stereocenters. The number of fused-ring (bicyclic) bond motifs is 3. The molecule has 0 aromatic carbocycles. The van der Waals surface area contributed by atoms with Gasteiger partial charge in [-0.1, -0.05) is 103 Å². The van der Waals surface area contributed by atoms with Crippen molar-refractivity contribution in [1.82, 2.24) is 0 Å². The van der Waals surface area contributed by atoms with Gasteiger partial charge in [0.1, 0.15) is 0 Å². The Hall–Kier alpha value is 0. The van der Waals surface area contributed by atoms with Gasteiger partial charge >= 0.3 is 0 Å². The van der Waals surface area contributed by atoms with Gasteiger partial charge in [0.15, 0.2) is 0 Å². The van der Waals surface area contributed by atoms with Gasteiger partial charge in [-0.15, -0.1) is 0 Å². The molecule has 14 unspecified atom stereocenters. The molecule has 0 radical (unpaired) electrons. The summed E-state index contributed by atoms with van der Waals surface area (Å²) in [7, 11) is 0. The molecule has 0 aromatic rings. The standard InChI is InChI=1S/C36H66/c1-21(2)28-16-15-22(3)31-25(6)32-27(8)36(14)26(7)30(23(4)17-33(9,10)11)24(5)18-35(36,13)20-34(32,12)19-29(28)31/h21-32H,15-20H2,1-14H3. The zero-order valence-electron chi connectivity index (χ0n) is 27.2. The summed E-state index contributed by atoms with van der Waals surface area (Å²) in [4.78, 5) is 0. The molecule has 210 valence electrons. The third-order valence-electron chi connectivity index (χ3n) is 14.3. The van der Waals surface area contributed by atoms with E-state index in [-0.39, 0.29) is 0 Å². The summed E-state index contributed by atoms with van der Waals surface area (Å²) in [6.45, 7) is 36.8. The number of hydrogen-bond donors (Lipinski definition) is 0. The highest BCUT2D eigenvalue weighted by Crippen LogP contribution is 2.75. The fraction of sp³-hybridized carbons (Fsp3) is 1.00. The van der Waals surface area contributed by atoms with Crippen LogP contribution in [0.15, 0.2) is 0 Å². The summed E-state index contributed by atoms with van der Waals surface area (Å²) in [5, 5.41) is 0. The Morgan fingerprint density at radius 2 is 1.42 bits per heavy atom. The minimum atomic E-state index is 0.425. The van der Waals surface area contributed by atoms with E-state index in [0.29, 0.717) is 21.7 Å². The molecular weight excluding hydrogens is 432 g/mol. The van der Waals surface area contributed by atoms with Gasteiger partial charge in [-0.3, -0.25) is 0 Å². The molecule has 0 heterocycles. The maximum absolute atomic E-state index is 2.80. The Bertz CT molecular complexity index is 786. The van der Waals surface area contributed by atoms with Crippen LogP contribution in [0.2, 0.25) is 0 Å². The second-order valence-corrected chi connectivity index (χ2v) is 18.0. The van der Waals surface area contributed by atoms with E-state index >= 15 is 0 Å². The molecule has 4 aliphatic rings. The highest BCUT2D eigenvalue weighted by molar-refractivity contribution is 5.17. The first kappa shape index (κ1) is 29.0. The van der Waals surface area contributed by atoms with E-state index in [1.54, 1.807) is 0 Å². The first-order chi connectivity index (χ1) is 16.4. The highest BCUT2D eigenvalue weighted by Gasteiger charge is 2.68. The largest absolute Gasteiger partial charge is 0.0625 e. The summed E-state index contributed by atoms with van der Waals surface area (Å²) in [5.41, 5.74) is 1.85. The maximum atomic E-state index is 2.80. The van der Waals surface area contributed by atoms with Crippen LogP contribution in [0.25, 0.3) is 0 Å². The molecule has 0 heteroatoms. The molecule has 36 heavy (non-hydrogen) atoms. The molecule has 4 aliphatic carbocycles. The van der Waals surface area contributed by atoms with Crippen molar-refractivity contribution in [2.24, 2.45) is 92.7 Å². The van der Waals surface area contributed by atoms with Crippen molar-refractivity contribution in [3.8, 4) is 0 Å². The first-order valence-corrected chi connectivity index (χ1v) is 16.4. The molecule has 4 rings (SSSR count). The lowest BCUT2D eigenvalue weighted by Gasteiger charge is -2.73. The van der Waals surface area contributed by atoms with Gasteiger partial charge in [-0.05, 0) is 125 Å². The molecule has 0 saturated heterocycles. The Morgan fingerprint density at radius 3 is 1.97 bits per heavy atom. The van der Waals surface area contributed by atoms with E-state index in [0.717, 1.165) is 71.0 Å². The minimum Gasteiger partial charge on any atom is -0.0625 e. The van der Waals surface area contributed by atoms with Crippen molar-refractivity contribution in [3.05, 3.63) is 0 Å². The SMILES string of the molecule is CC(C)C1CCC(C)C2C(C)C3C(C)C4(C)C(C)C(C(C)CC(C)(C)C)C(C)CC4(C)CC3(C)CC12. The molecular formula is C36H66. The summed E-state index contributed by atoms with van der Waals surface area (Å²) < 4.78 is 0. The molecule has 0 bridgehead atoms. The van der Waals surface area contributed by atoms with Gasteiger partial charge < -0.3 is 0 Å². The van der Waals surface area contributed by atoms with Gasteiger partial charge in [-0.2, -0.15) is 0 Å². The van der Waals surface area contributed by atoms with Crippen molar-refractivity contribution in [3.63, 3.8) is 0 Å². The van der Waals surface area contributed by atoms with E-state index in [2.05, 4.69) is 96.9 Å². The van der Waals surface area contributed by atoms with Crippen LogP contribution in [0.1, 0.15) is 135 Å². The van der Waals surface area contributed by atoms with Gasteiger partial charge in [-0.25, -0.2) is 0 Å². The number of rotatable bonds is 3. The van der Waals surface area contributed by atoms with Crippen LogP contribution in [0.5, 0.6) is 0 Å².